The highest BCUT2D eigenvalue weighted by atomic mass is 16.4. The molecule has 7 nitrogen and oxygen atoms in total. The Hall–Kier alpha value is -1.47. The molecule has 0 aromatic carbocycles. The molecule has 1 N–H and O–H groups in total. The molecule has 1 aromatic rings. The molecule has 0 saturated carbocycles. The van der Waals surface area contributed by atoms with E-state index < -0.39 is 11.4 Å². The second kappa shape index (κ2) is 4.82. The Labute approximate surface area is 118 Å². The van der Waals surface area contributed by atoms with Crippen LogP contribution in [0.2, 0.25) is 0 Å². The summed E-state index contributed by atoms with van der Waals surface area (Å²) in [5.41, 5.74) is -0.572. The quantitative estimate of drug-likeness (QED) is 0.803. The molecule has 1 aromatic heterocycles. The van der Waals surface area contributed by atoms with Gasteiger partial charge in [0.2, 0.25) is 0 Å². The molecule has 110 valence electrons. The maximum absolute atomic E-state index is 11.7. The van der Waals surface area contributed by atoms with Gasteiger partial charge < -0.3 is 14.6 Å². The summed E-state index contributed by atoms with van der Waals surface area (Å²) in [5, 5.41) is 17.5. The van der Waals surface area contributed by atoms with Crippen LogP contribution < -0.4 is 0 Å². The molecule has 0 spiro atoms. The van der Waals surface area contributed by atoms with E-state index in [0.717, 1.165) is 32.0 Å². The predicted molar refractivity (Wildman–Crippen MR) is 72.3 cm³/mol. The Kier molecular flexibility index (Phi) is 3.25. The summed E-state index contributed by atoms with van der Waals surface area (Å²) < 4.78 is 2.01. The van der Waals surface area contributed by atoms with Crippen molar-refractivity contribution in [2.45, 2.75) is 13.5 Å². The number of hydrogen-bond donors (Lipinski definition) is 1. The van der Waals surface area contributed by atoms with Crippen LogP contribution in [0.25, 0.3) is 0 Å². The number of rotatable bonds is 4. The summed E-state index contributed by atoms with van der Waals surface area (Å²) in [7, 11) is 2.01. The lowest BCUT2D eigenvalue weighted by Crippen LogP contribution is -2.40. The van der Waals surface area contributed by atoms with E-state index in [-0.39, 0.29) is 5.92 Å². The molecule has 7 heteroatoms. The van der Waals surface area contributed by atoms with Crippen LogP contribution in [-0.2, 0) is 11.3 Å². The molecule has 0 bridgehead atoms. The van der Waals surface area contributed by atoms with Crippen molar-refractivity contribution in [2.24, 2.45) is 11.3 Å². The van der Waals surface area contributed by atoms with Crippen molar-refractivity contribution >= 4 is 5.97 Å². The van der Waals surface area contributed by atoms with Crippen molar-refractivity contribution in [1.29, 1.82) is 0 Å². The molecule has 0 aliphatic carbocycles. The molecule has 2 saturated heterocycles. The summed E-state index contributed by atoms with van der Waals surface area (Å²) in [5.74, 6) is 0.499. The van der Waals surface area contributed by atoms with Crippen LogP contribution in [0, 0.1) is 18.3 Å². The molecule has 20 heavy (non-hydrogen) atoms. The number of aromatic nitrogens is 3. The molecule has 2 atom stereocenters. The Morgan fingerprint density at radius 1 is 1.45 bits per heavy atom. The van der Waals surface area contributed by atoms with Crippen molar-refractivity contribution < 1.29 is 9.90 Å². The van der Waals surface area contributed by atoms with Crippen LogP contribution in [0.4, 0.5) is 0 Å². The van der Waals surface area contributed by atoms with Crippen molar-refractivity contribution in [3.05, 3.63) is 12.2 Å². The first kappa shape index (κ1) is 13.5. The first-order valence-corrected chi connectivity index (χ1v) is 7.00. The molecule has 2 aliphatic heterocycles. The number of aliphatic carboxylic acids is 1. The number of hydrogen-bond acceptors (Lipinski definition) is 5. The molecular weight excluding hydrogens is 258 g/mol. The van der Waals surface area contributed by atoms with Gasteiger partial charge in [0.05, 0.1) is 5.41 Å². The van der Waals surface area contributed by atoms with Crippen LogP contribution >= 0.6 is 0 Å². The van der Waals surface area contributed by atoms with Crippen LogP contribution in [0.1, 0.15) is 5.82 Å². The minimum Gasteiger partial charge on any atom is -0.481 e. The maximum atomic E-state index is 11.7. The van der Waals surface area contributed by atoms with Gasteiger partial charge in [0.1, 0.15) is 12.2 Å². The molecule has 2 aliphatic rings. The summed E-state index contributed by atoms with van der Waals surface area (Å²) in [6.07, 6.45) is 1.73. The van der Waals surface area contributed by atoms with E-state index in [9.17, 15) is 9.90 Å². The monoisotopic (exact) mass is 279 g/mol. The van der Waals surface area contributed by atoms with Gasteiger partial charge >= 0.3 is 5.97 Å². The van der Waals surface area contributed by atoms with Crippen LogP contribution in [0.15, 0.2) is 6.33 Å². The minimum atomic E-state index is -0.644. The molecular formula is C13H21N5O2. The minimum absolute atomic E-state index is 0.243. The Balaban J connectivity index is 1.65. The standard InChI is InChI=1S/C13H21N5O2/c1-10-15-14-9-18(10)4-3-17-6-11-5-16(2)7-13(11,8-17)12(19)20/h9,11H,3-8H2,1-2H3,(H,19,20)/t11-,13-/m0/s1. The van der Waals surface area contributed by atoms with Crippen LogP contribution in [-0.4, -0.2) is 75.4 Å². The third-order valence-electron chi connectivity index (χ3n) is 4.74. The predicted octanol–water partition coefficient (Wildman–Crippen LogP) is -0.465. The van der Waals surface area contributed by atoms with Gasteiger partial charge in [0.25, 0.3) is 0 Å². The number of carboxylic acid groups (broad SMARTS) is 1. The molecule has 0 radical (unpaired) electrons. The van der Waals surface area contributed by atoms with Gasteiger partial charge in [-0.15, -0.1) is 10.2 Å². The van der Waals surface area contributed by atoms with Crippen molar-refractivity contribution in [3.8, 4) is 0 Å². The highest BCUT2D eigenvalue weighted by Gasteiger charge is 2.56. The Morgan fingerprint density at radius 3 is 2.85 bits per heavy atom. The summed E-state index contributed by atoms with van der Waals surface area (Å²) in [6, 6.07) is 0. The fourth-order valence-electron chi connectivity index (χ4n) is 3.67. The second-order valence-corrected chi connectivity index (χ2v) is 6.16. The first-order chi connectivity index (χ1) is 9.51. The molecule has 0 amide bonds. The van der Waals surface area contributed by atoms with Crippen molar-refractivity contribution in [1.82, 2.24) is 24.6 Å². The fraction of sp³-hybridized carbons (Fsp3) is 0.769. The van der Waals surface area contributed by atoms with E-state index >= 15 is 0 Å². The number of likely N-dealkylation sites (tertiary alicyclic amines) is 2. The number of nitrogens with zero attached hydrogens (tertiary/aromatic N) is 5. The summed E-state index contributed by atoms with van der Waals surface area (Å²) in [4.78, 5) is 16.1. The highest BCUT2D eigenvalue weighted by molar-refractivity contribution is 5.77. The van der Waals surface area contributed by atoms with E-state index in [1.54, 1.807) is 6.33 Å². The maximum Gasteiger partial charge on any atom is 0.312 e. The van der Waals surface area contributed by atoms with Gasteiger partial charge in [0.15, 0.2) is 0 Å². The first-order valence-electron chi connectivity index (χ1n) is 7.00. The average Bonchev–Trinajstić information content (AvgIpc) is 2.99. The lowest BCUT2D eigenvalue weighted by atomic mass is 9.81. The number of carbonyl (C=O) groups is 1. The second-order valence-electron chi connectivity index (χ2n) is 6.16. The molecule has 2 fully saturated rings. The van der Waals surface area contributed by atoms with Gasteiger partial charge in [-0.2, -0.15) is 0 Å². The third kappa shape index (κ3) is 2.10. The lowest BCUT2D eigenvalue weighted by Gasteiger charge is -2.24. The number of fused-ring (bicyclic) bond motifs is 1. The smallest absolute Gasteiger partial charge is 0.312 e. The topological polar surface area (TPSA) is 74.5 Å². The fourth-order valence-corrected chi connectivity index (χ4v) is 3.67. The zero-order chi connectivity index (χ0) is 14.3. The largest absolute Gasteiger partial charge is 0.481 e. The van der Waals surface area contributed by atoms with E-state index in [1.807, 2.05) is 18.5 Å². The highest BCUT2D eigenvalue weighted by Crippen LogP contribution is 2.42. The Bertz CT molecular complexity index is 517. The van der Waals surface area contributed by atoms with E-state index in [1.165, 1.54) is 0 Å². The van der Waals surface area contributed by atoms with Crippen LogP contribution in [0.5, 0.6) is 0 Å². The average molecular weight is 279 g/mol. The molecule has 3 rings (SSSR count). The van der Waals surface area contributed by atoms with Gasteiger partial charge in [0, 0.05) is 45.2 Å². The van der Waals surface area contributed by atoms with Gasteiger partial charge in [-0.1, -0.05) is 0 Å². The SMILES string of the molecule is Cc1nncn1CCN1C[C@@H]2CN(C)C[C@]2(C(=O)O)C1. The van der Waals surface area contributed by atoms with E-state index in [4.69, 9.17) is 0 Å². The molecule has 0 unspecified atom stereocenters. The van der Waals surface area contributed by atoms with E-state index in [0.29, 0.717) is 13.1 Å². The number of aryl methyl sites for hydroxylation is 1. The van der Waals surface area contributed by atoms with E-state index in [2.05, 4.69) is 20.0 Å². The summed E-state index contributed by atoms with van der Waals surface area (Å²) in [6.45, 7) is 6.67. The number of carboxylic acids is 1. The van der Waals surface area contributed by atoms with Gasteiger partial charge in [-0.25, -0.2) is 0 Å². The van der Waals surface area contributed by atoms with Crippen molar-refractivity contribution in [2.75, 3.05) is 39.8 Å². The Morgan fingerprint density at radius 2 is 2.25 bits per heavy atom. The zero-order valence-electron chi connectivity index (χ0n) is 12.0. The zero-order valence-corrected chi connectivity index (χ0v) is 12.0. The lowest BCUT2D eigenvalue weighted by molar-refractivity contribution is -0.148. The normalized spacial score (nSPS) is 30.8. The van der Waals surface area contributed by atoms with Crippen LogP contribution in [0.3, 0.4) is 0 Å². The summed E-state index contributed by atoms with van der Waals surface area (Å²) >= 11 is 0. The third-order valence-corrected chi connectivity index (χ3v) is 4.74. The van der Waals surface area contributed by atoms with Gasteiger partial charge in [-0.05, 0) is 14.0 Å². The van der Waals surface area contributed by atoms with Crippen molar-refractivity contribution in [3.63, 3.8) is 0 Å². The molecule has 3 heterocycles. The van der Waals surface area contributed by atoms with Gasteiger partial charge in [-0.3, -0.25) is 9.69 Å².